The van der Waals surface area contributed by atoms with Crippen molar-refractivity contribution in [1.82, 2.24) is 4.90 Å². The van der Waals surface area contributed by atoms with Crippen molar-refractivity contribution in [1.29, 1.82) is 0 Å². The van der Waals surface area contributed by atoms with Crippen molar-refractivity contribution in [2.45, 2.75) is 58.4 Å². The first-order valence-corrected chi connectivity index (χ1v) is 12.0. The molecule has 0 aromatic carbocycles. The van der Waals surface area contributed by atoms with E-state index in [4.69, 9.17) is 0 Å². The van der Waals surface area contributed by atoms with Crippen molar-refractivity contribution < 1.29 is 30.6 Å². The highest BCUT2D eigenvalue weighted by molar-refractivity contribution is 7.87. The summed E-state index contributed by atoms with van der Waals surface area (Å²) in [7, 11) is -5.68. The molecule has 168 valence electrons. The Morgan fingerprint density at radius 3 is 2.53 bits per heavy atom. The van der Waals surface area contributed by atoms with Crippen molar-refractivity contribution in [2.75, 3.05) is 13.1 Å². The van der Waals surface area contributed by atoms with E-state index in [9.17, 15) is 26.4 Å². The SMILES string of the molecule is CCN1CC2C3CC=C(OS(=O)(=O)C(F)(F)F)C3(C)CCC2C2(C)CCC(=O)C=C12. The summed E-state index contributed by atoms with van der Waals surface area (Å²) >= 11 is 0. The van der Waals surface area contributed by atoms with Crippen molar-refractivity contribution in [3.63, 3.8) is 0 Å². The third kappa shape index (κ3) is 3.02. The van der Waals surface area contributed by atoms with Crippen LogP contribution in [0.1, 0.15) is 52.9 Å². The van der Waals surface area contributed by atoms with E-state index < -0.39 is 21.0 Å². The van der Waals surface area contributed by atoms with Gasteiger partial charge in [-0.1, -0.05) is 13.8 Å². The number of carbonyl (C=O) groups is 1. The quantitative estimate of drug-likeness (QED) is 0.475. The predicted octanol–water partition coefficient (Wildman–Crippen LogP) is 4.38. The molecule has 30 heavy (non-hydrogen) atoms. The zero-order valence-corrected chi connectivity index (χ0v) is 18.3. The Labute approximate surface area is 175 Å². The fourth-order valence-electron chi connectivity index (χ4n) is 6.54. The number of nitrogens with zero attached hydrogens (tertiary/aromatic N) is 1. The average Bonchev–Trinajstić information content (AvgIpc) is 2.97. The molecule has 5 unspecified atom stereocenters. The molecule has 4 aliphatic rings. The highest BCUT2D eigenvalue weighted by atomic mass is 32.2. The number of halogens is 3. The van der Waals surface area contributed by atoms with Crippen LogP contribution in [0.3, 0.4) is 0 Å². The Morgan fingerprint density at radius 1 is 1.20 bits per heavy atom. The Kier molecular flexibility index (Phi) is 4.88. The molecule has 0 aromatic rings. The Morgan fingerprint density at radius 2 is 1.90 bits per heavy atom. The van der Waals surface area contributed by atoms with Gasteiger partial charge in [-0.3, -0.25) is 4.79 Å². The van der Waals surface area contributed by atoms with Gasteiger partial charge in [0.25, 0.3) is 0 Å². The van der Waals surface area contributed by atoms with Gasteiger partial charge >= 0.3 is 15.6 Å². The number of carbonyl (C=O) groups excluding carboxylic acids is 1. The van der Waals surface area contributed by atoms with E-state index in [0.717, 1.165) is 31.6 Å². The molecule has 1 aliphatic heterocycles. The van der Waals surface area contributed by atoms with Crippen molar-refractivity contribution >= 4 is 15.9 Å². The lowest BCUT2D eigenvalue weighted by molar-refractivity contribution is -0.119. The lowest BCUT2D eigenvalue weighted by Crippen LogP contribution is -2.57. The van der Waals surface area contributed by atoms with E-state index in [1.807, 2.05) is 13.8 Å². The maximum absolute atomic E-state index is 12.9. The molecule has 1 saturated carbocycles. The zero-order valence-electron chi connectivity index (χ0n) is 17.5. The van der Waals surface area contributed by atoms with E-state index in [0.29, 0.717) is 25.2 Å². The summed E-state index contributed by atoms with van der Waals surface area (Å²) in [6, 6.07) is 0. The topological polar surface area (TPSA) is 63.7 Å². The molecule has 9 heteroatoms. The summed E-state index contributed by atoms with van der Waals surface area (Å²) in [6.45, 7) is 7.57. The molecule has 0 spiro atoms. The van der Waals surface area contributed by atoms with Crippen LogP contribution in [0.2, 0.25) is 0 Å². The molecule has 4 rings (SSSR count). The highest BCUT2D eigenvalue weighted by Crippen LogP contribution is 2.64. The maximum atomic E-state index is 12.9. The van der Waals surface area contributed by atoms with Gasteiger partial charge in [0.15, 0.2) is 5.78 Å². The second-order valence-electron chi connectivity index (χ2n) is 9.57. The molecule has 0 N–H and O–H groups in total. The molecule has 1 saturated heterocycles. The van der Waals surface area contributed by atoms with Gasteiger partial charge in [0, 0.05) is 42.1 Å². The molecule has 5 atom stereocenters. The number of likely N-dealkylation sites (tertiary alicyclic amines) is 1. The number of fused-ring (bicyclic) bond motifs is 5. The monoisotopic (exact) mass is 447 g/mol. The first-order valence-electron chi connectivity index (χ1n) is 10.5. The highest BCUT2D eigenvalue weighted by Gasteiger charge is 2.60. The van der Waals surface area contributed by atoms with Crippen LogP contribution in [0.5, 0.6) is 0 Å². The fraction of sp³-hybridized carbons (Fsp3) is 0.762. The number of rotatable bonds is 3. The standard InChI is InChI=1S/C21H28F3NO4S/c1-4-25-12-14-15-5-6-18(29-30(27,28)21(22,23)24)20(15,3)10-8-16(14)19(2)9-7-13(26)11-17(19)25/h6,11,14-16H,4-5,7-10,12H2,1-3H3. The molecule has 0 aromatic heterocycles. The van der Waals surface area contributed by atoms with Gasteiger partial charge in [0.2, 0.25) is 0 Å². The number of hydrogen-bond acceptors (Lipinski definition) is 5. The molecular formula is C21H28F3NO4S. The van der Waals surface area contributed by atoms with Gasteiger partial charge in [0.1, 0.15) is 5.76 Å². The van der Waals surface area contributed by atoms with Gasteiger partial charge in [-0.15, -0.1) is 0 Å². The second-order valence-corrected chi connectivity index (χ2v) is 11.1. The van der Waals surface area contributed by atoms with E-state index >= 15 is 0 Å². The van der Waals surface area contributed by atoms with Gasteiger partial charge in [-0.2, -0.15) is 21.6 Å². The zero-order chi connectivity index (χ0) is 22.1. The molecule has 0 amide bonds. The summed E-state index contributed by atoms with van der Waals surface area (Å²) in [5, 5.41) is 0. The maximum Gasteiger partial charge on any atom is 0.534 e. The number of alkyl halides is 3. The van der Waals surface area contributed by atoms with Gasteiger partial charge in [-0.25, -0.2) is 0 Å². The van der Waals surface area contributed by atoms with Crippen LogP contribution >= 0.6 is 0 Å². The lowest BCUT2D eigenvalue weighted by atomic mass is 9.50. The molecular weight excluding hydrogens is 419 g/mol. The third-order valence-electron chi connectivity index (χ3n) is 8.18. The Hall–Kier alpha value is -1.51. The van der Waals surface area contributed by atoms with Crippen LogP contribution in [0.25, 0.3) is 0 Å². The van der Waals surface area contributed by atoms with E-state index in [2.05, 4.69) is 16.0 Å². The van der Waals surface area contributed by atoms with Crippen LogP contribution in [0, 0.1) is 28.6 Å². The number of hydrogen-bond donors (Lipinski definition) is 0. The molecule has 1 heterocycles. The van der Waals surface area contributed by atoms with Crippen LogP contribution in [0.4, 0.5) is 13.2 Å². The second kappa shape index (κ2) is 6.74. The Bertz CT molecular complexity index is 925. The smallest absolute Gasteiger partial charge is 0.380 e. The lowest BCUT2D eigenvalue weighted by Gasteiger charge is -2.60. The van der Waals surface area contributed by atoms with Crippen LogP contribution < -0.4 is 0 Å². The van der Waals surface area contributed by atoms with Crippen LogP contribution in [-0.4, -0.2) is 37.7 Å². The number of allylic oxidation sites excluding steroid dienone is 4. The summed E-state index contributed by atoms with van der Waals surface area (Å²) in [5.41, 5.74) is -5.23. The van der Waals surface area contributed by atoms with Gasteiger partial charge < -0.3 is 9.08 Å². The molecule has 0 bridgehead atoms. The van der Waals surface area contributed by atoms with Gasteiger partial charge in [-0.05, 0) is 56.4 Å². The van der Waals surface area contributed by atoms with Crippen molar-refractivity contribution in [2.24, 2.45) is 28.6 Å². The molecule has 0 radical (unpaired) electrons. The minimum atomic E-state index is -5.68. The normalized spacial score (nSPS) is 38.9. The largest absolute Gasteiger partial charge is 0.534 e. The third-order valence-corrected chi connectivity index (χ3v) is 9.14. The molecule has 3 aliphatic carbocycles. The predicted molar refractivity (Wildman–Crippen MR) is 104 cm³/mol. The van der Waals surface area contributed by atoms with Crippen LogP contribution in [-0.2, 0) is 19.1 Å². The number of ketones is 1. The summed E-state index contributed by atoms with van der Waals surface area (Å²) in [5.74, 6) is 0.613. The minimum Gasteiger partial charge on any atom is -0.380 e. The Balaban J connectivity index is 1.65. The van der Waals surface area contributed by atoms with Gasteiger partial charge in [0.05, 0.1) is 0 Å². The summed E-state index contributed by atoms with van der Waals surface area (Å²) in [6.07, 6.45) is 6.47. The average molecular weight is 448 g/mol. The molecule has 5 nitrogen and oxygen atoms in total. The minimum absolute atomic E-state index is 0.0136. The van der Waals surface area contributed by atoms with Crippen molar-refractivity contribution in [3.05, 3.63) is 23.6 Å². The first kappa shape index (κ1) is 21.7. The number of piperidine rings is 1. The molecule has 2 fully saturated rings. The van der Waals surface area contributed by atoms with Crippen molar-refractivity contribution in [3.8, 4) is 0 Å². The van der Waals surface area contributed by atoms with E-state index in [-0.39, 0.29) is 28.8 Å². The first-order chi connectivity index (χ1) is 13.8. The van der Waals surface area contributed by atoms with E-state index in [1.54, 1.807) is 12.2 Å². The summed E-state index contributed by atoms with van der Waals surface area (Å²) in [4.78, 5) is 14.3. The van der Waals surface area contributed by atoms with Crippen LogP contribution in [0.15, 0.2) is 23.6 Å². The summed E-state index contributed by atoms with van der Waals surface area (Å²) < 4.78 is 66.6. The fourth-order valence-corrected chi connectivity index (χ4v) is 7.13. The van der Waals surface area contributed by atoms with E-state index in [1.165, 1.54) is 0 Å².